The van der Waals surface area contributed by atoms with Gasteiger partial charge in [-0.05, 0) is 5.56 Å². The van der Waals surface area contributed by atoms with E-state index in [2.05, 4.69) is 10.3 Å². The number of ether oxygens (including phenoxy) is 1. The van der Waals surface area contributed by atoms with E-state index in [1.807, 2.05) is 30.3 Å². The number of aromatic nitrogens is 3. The minimum absolute atomic E-state index is 0.147. The molecule has 0 aliphatic carbocycles. The molecule has 2 aromatic rings. The van der Waals surface area contributed by atoms with E-state index in [1.165, 1.54) is 18.0 Å². The van der Waals surface area contributed by atoms with Crippen LogP contribution in [0.1, 0.15) is 22.2 Å². The summed E-state index contributed by atoms with van der Waals surface area (Å²) in [6, 6.07) is 9.35. The van der Waals surface area contributed by atoms with Crippen molar-refractivity contribution in [1.29, 1.82) is 0 Å². The summed E-state index contributed by atoms with van der Waals surface area (Å²) in [6.45, 7) is 0. The van der Waals surface area contributed by atoms with Crippen molar-refractivity contribution in [3.05, 3.63) is 47.8 Å². The molecule has 0 aliphatic rings. The van der Waals surface area contributed by atoms with Gasteiger partial charge in [0, 0.05) is 14.2 Å². The maximum atomic E-state index is 12.2. The van der Waals surface area contributed by atoms with Crippen molar-refractivity contribution in [3.8, 4) is 0 Å². The molecule has 0 saturated carbocycles. The third-order valence-corrected chi connectivity index (χ3v) is 2.54. The van der Waals surface area contributed by atoms with E-state index < -0.39 is 6.10 Å². The molecule has 0 bridgehead atoms. The van der Waals surface area contributed by atoms with Gasteiger partial charge in [-0.2, -0.15) is 0 Å². The van der Waals surface area contributed by atoms with Crippen LogP contribution in [-0.4, -0.2) is 27.9 Å². The molecular weight excluding hydrogens is 218 g/mol. The molecule has 0 aliphatic heterocycles. The zero-order chi connectivity index (χ0) is 12.3. The molecule has 88 valence electrons. The summed E-state index contributed by atoms with van der Waals surface area (Å²) in [5, 5.41) is 7.43. The van der Waals surface area contributed by atoms with Crippen molar-refractivity contribution in [1.82, 2.24) is 15.0 Å². The van der Waals surface area contributed by atoms with E-state index in [4.69, 9.17) is 4.74 Å². The Morgan fingerprint density at radius 2 is 2.06 bits per heavy atom. The molecule has 1 aromatic carbocycles. The second-order valence-electron chi connectivity index (χ2n) is 3.63. The average molecular weight is 231 g/mol. The highest BCUT2D eigenvalue weighted by atomic mass is 16.5. The summed E-state index contributed by atoms with van der Waals surface area (Å²) in [5.41, 5.74) is 1.25. The van der Waals surface area contributed by atoms with Crippen LogP contribution in [0.5, 0.6) is 0 Å². The maximum Gasteiger partial charge on any atom is 0.215 e. The SMILES string of the molecule is COC(C(=O)c1cnnn1C)c1ccccc1. The van der Waals surface area contributed by atoms with Crippen molar-refractivity contribution in [2.45, 2.75) is 6.10 Å². The van der Waals surface area contributed by atoms with Crippen LogP contribution in [-0.2, 0) is 11.8 Å². The molecule has 0 radical (unpaired) electrons. The van der Waals surface area contributed by atoms with E-state index >= 15 is 0 Å². The van der Waals surface area contributed by atoms with Crippen LogP contribution in [0.3, 0.4) is 0 Å². The van der Waals surface area contributed by atoms with Gasteiger partial charge >= 0.3 is 0 Å². The van der Waals surface area contributed by atoms with E-state index in [-0.39, 0.29) is 5.78 Å². The highest BCUT2D eigenvalue weighted by Crippen LogP contribution is 2.20. The van der Waals surface area contributed by atoms with E-state index in [9.17, 15) is 4.79 Å². The van der Waals surface area contributed by atoms with Crippen molar-refractivity contribution in [2.75, 3.05) is 7.11 Å². The molecule has 0 N–H and O–H groups in total. The molecule has 0 spiro atoms. The summed E-state index contributed by atoms with van der Waals surface area (Å²) in [6.07, 6.45) is 0.825. The number of aryl methyl sites for hydroxylation is 1. The fourth-order valence-corrected chi connectivity index (χ4v) is 1.67. The second-order valence-corrected chi connectivity index (χ2v) is 3.63. The fourth-order valence-electron chi connectivity index (χ4n) is 1.67. The van der Waals surface area contributed by atoms with Crippen LogP contribution < -0.4 is 0 Å². The third kappa shape index (κ3) is 2.24. The number of benzene rings is 1. The summed E-state index contributed by atoms with van der Waals surface area (Å²) < 4.78 is 6.70. The first kappa shape index (κ1) is 11.5. The molecule has 2 rings (SSSR count). The van der Waals surface area contributed by atoms with Gasteiger partial charge in [0.25, 0.3) is 0 Å². The largest absolute Gasteiger partial charge is 0.368 e. The van der Waals surface area contributed by atoms with Crippen molar-refractivity contribution >= 4 is 5.78 Å². The van der Waals surface area contributed by atoms with E-state index in [1.54, 1.807) is 7.05 Å². The van der Waals surface area contributed by atoms with Crippen LogP contribution >= 0.6 is 0 Å². The quantitative estimate of drug-likeness (QED) is 0.746. The number of hydrogen-bond acceptors (Lipinski definition) is 4. The summed E-state index contributed by atoms with van der Waals surface area (Å²) in [5.74, 6) is -0.147. The minimum Gasteiger partial charge on any atom is -0.368 e. The van der Waals surface area contributed by atoms with Gasteiger partial charge in [-0.3, -0.25) is 4.79 Å². The lowest BCUT2D eigenvalue weighted by Crippen LogP contribution is -2.18. The van der Waals surface area contributed by atoms with Crippen LogP contribution in [0, 0.1) is 0 Å². The Morgan fingerprint density at radius 3 is 2.59 bits per heavy atom. The Hall–Kier alpha value is -2.01. The molecule has 1 heterocycles. The predicted molar refractivity (Wildman–Crippen MR) is 61.5 cm³/mol. The molecule has 5 heteroatoms. The summed E-state index contributed by atoms with van der Waals surface area (Å²) >= 11 is 0. The first-order valence-electron chi connectivity index (χ1n) is 5.20. The minimum atomic E-state index is -0.617. The highest BCUT2D eigenvalue weighted by Gasteiger charge is 2.24. The standard InChI is InChI=1S/C12H13N3O2/c1-15-10(8-13-14-15)11(16)12(17-2)9-6-4-3-5-7-9/h3-8,12H,1-2H3. The lowest BCUT2D eigenvalue weighted by molar-refractivity contribution is 0.0594. The van der Waals surface area contributed by atoms with Gasteiger partial charge in [-0.25, -0.2) is 4.68 Å². The number of methoxy groups -OCH3 is 1. The normalized spacial score (nSPS) is 12.4. The average Bonchev–Trinajstić information content (AvgIpc) is 2.77. The molecule has 1 unspecified atom stereocenters. The van der Waals surface area contributed by atoms with Gasteiger partial charge in [-0.15, -0.1) is 5.10 Å². The maximum absolute atomic E-state index is 12.2. The first-order valence-corrected chi connectivity index (χ1v) is 5.20. The predicted octanol–water partition coefficient (Wildman–Crippen LogP) is 1.39. The molecule has 1 atom stereocenters. The van der Waals surface area contributed by atoms with Crippen LogP contribution in [0.15, 0.2) is 36.5 Å². The summed E-state index contributed by atoms with van der Waals surface area (Å²) in [4.78, 5) is 12.2. The molecule has 0 fully saturated rings. The summed E-state index contributed by atoms with van der Waals surface area (Å²) in [7, 11) is 3.19. The zero-order valence-corrected chi connectivity index (χ0v) is 9.70. The third-order valence-electron chi connectivity index (χ3n) is 2.54. The van der Waals surface area contributed by atoms with Crippen molar-refractivity contribution in [3.63, 3.8) is 0 Å². The number of hydrogen-bond donors (Lipinski definition) is 0. The zero-order valence-electron chi connectivity index (χ0n) is 9.70. The Bertz CT molecular complexity index is 507. The Kier molecular flexibility index (Phi) is 3.30. The van der Waals surface area contributed by atoms with Gasteiger partial charge in [0.05, 0.1) is 6.20 Å². The topological polar surface area (TPSA) is 57.0 Å². The number of carbonyl (C=O) groups is 1. The molecule has 17 heavy (non-hydrogen) atoms. The Balaban J connectivity index is 2.32. The van der Waals surface area contributed by atoms with Gasteiger partial charge in [-0.1, -0.05) is 35.5 Å². The van der Waals surface area contributed by atoms with Gasteiger partial charge in [0.2, 0.25) is 5.78 Å². The highest BCUT2D eigenvalue weighted by molar-refractivity contribution is 5.98. The smallest absolute Gasteiger partial charge is 0.215 e. The number of ketones is 1. The lowest BCUT2D eigenvalue weighted by atomic mass is 10.0. The van der Waals surface area contributed by atoms with Gasteiger partial charge in [0.15, 0.2) is 0 Å². The number of rotatable bonds is 4. The second kappa shape index (κ2) is 4.88. The van der Waals surface area contributed by atoms with Crippen LogP contribution in [0.25, 0.3) is 0 Å². The Labute approximate surface area is 99.0 Å². The molecule has 0 saturated heterocycles. The molecule has 0 amide bonds. The lowest BCUT2D eigenvalue weighted by Gasteiger charge is -2.13. The van der Waals surface area contributed by atoms with E-state index in [0.717, 1.165) is 5.56 Å². The number of Topliss-reactive ketones (excluding diaryl/α,β-unsaturated/α-hetero) is 1. The number of carbonyl (C=O) groups excluding carboxylic acids is 1. The molecule has 5 nitrogen and oxygen atoms in total. The van der Waals surface area contributed by atoms with Gasteiger partial charge < -0.3 is 4.74 Å². The van der Waals surface area contributed by atoms with Crippen molar-refractivity contribution < 1.29 is 9.53 Å². The Morgan fingerprint density at radius 1 is 1.35 bits per heavy atom. The number of nitrogens with zero attached hydrogens (tertiary/aromatic N) is 3. The monoisotopic (exact) mass is 231 g/mol. The van der Waals surface area contributed by atoms with E-state index in [0.29, 0.717) is 5.69 Å². The van der Waals surface area contributed by atoms with Crippen molar-refractivity contribution in [2.24, 2.45) is 7.05 Å². The fraction of sp³-hybridized carbons (Fsp3) is 0.250. The molecular formula is C12H13N3O2. The van der Waals surface area contributed by atoms with Crippen LogP contribution in [0.2, 0.25) is 0 Å². The first-order chi connectivity index (χ1) is 8.24. The van der Waals surface area contributed by atoms with Gasteiger partial charge in [0.1, 0.15) is 11.8 Å². The molecule has 1 aromatic heterocycles. The van der Waals surface area contributed by atoms with Crippen LogP contribution in [0.4, 0.5) is 0 Å².